The summed E-state index contributed by atoms with van der Waals surface area (Å²) < 4.78 is 0. The molecule has 3 rings (SSSR count). The van der Waals surface area contributed by atoms with Crippen molar-refractivity contribution in [1.29, 1.82) is 0 Å². The van der Waals surface area contributed by atoms with E-state index in [1.165, 1.54) is 11.3 Å². The van der Waals surface area contributed by atoms with Crippen molar-refractivity contribution in [2.75, 3.05) is 13.7 Å². The van der Waals surface area contributed by atoms with Crippen LogP contribution in [0.3, 0.4) is 0 Å². The minimum absolute atomic E-state index is 0.0486. The highest BCUT2D eigenvalue weighted by Gasteiger charge is 2.44. The predicted molar refractivity (Wildman–Crippen MR) is 94.9 cm³/mol. The number of hydrogen-bond acceptors (Lipinski definition) is 5. The lowest BCUT2D eigenvalue weighted by atomic mass is 10.2. The SMILES string of the molecule is CN(Cc1ccc(Cl)cc1)CN1C(=O)C(=O)N(Cc2cccs2)C1=O. The fraction of sp³-hybridized carbons (Fsp3) is 0.235. The first-order valence-corrected chi connectivity index (χ1v) is 8.84. The summed E-state index contributed by atoms with van der Waals surface area (Å²) in [6.45, 7) is 0.693. The van der Waals surface area contributed by atoms with E-state index in [9.17, 15) is 14.4 Å². The van der Waals surface area contributed by atoms with Gasteiger partial charge < -0.3 is 0 Å². The van der Waals surface area contributed by atoms with E-state index in [4.69, 9.17) is 11.6 Å². The minimum atomic E-state index is -0.787. The van der Waals surface area contributed by atoms with E-state index in [-0.39, 0.29) is 13.2 Å². The van der Waals surface area contributed by atoms with Gasteiger partial charge in [0.05, 0.1) is 13.2 Å². The van der Waals surface area contributed by atoms with Gasteiger partial charge >= 0.3 is 17.8 Å². The van der Waals surface area contributed by atoms with Crippen molar-refractivity contribution < 1.29 is 14.4 Å². The standard InChI is InChI=1S/C17H16ClN3O3S/c1-19(9-12-4-6-13(18)7-5-12)11-21-16(23)15(22)20(17(21)24)10-14-3-2-8-25-14/h2-8H,9-11H2,1H3. The second-order valence-electron chi connectivity index (χ2n) is 5.77. The van der Waals surface area contributed by atoms with E-state index in [1.54, 1.807) is 24.1 Å². The number of urea groups is 1. The summed E-state index contributed by atoms with van der Waals surface area (Å²) in [5.74, 6) is -1.57. The zero-order chi connectivity index (χ0) is 18.0. The van der Waals surface area contributed by atoms with Gasteiger partial charge in [-0.2, -0.15) is 0 Å². The molecule has 1 fully saturated rings. The van der Waals surface area contributed by atoms with Gasteiger partial charge in [-0.25, -0.2) is 9.69 Å². The molecule has 0 aliphatic carbocycles. The Hall–Kier alpha value is -2.22. The smallest absolute Gasteiger partial charge is 0.284 e. The molecule has 2 heterocycles. The summed E-state index contributed by atoms with van der Waals surface area (Å²) in [6, 6.07) is 10.4. The number of benzene rings is 1. The lowest BCUT2D eigenvalue weighted by molar-refractivity contribution is -0.144. The third-order valence-corrected chi connectivity index (χ3v) is 4.89. The number of amides is 4. The molecular formula is C17H16ClN3O3S. The van der Waals surface area contributed by atoms with Gasteiger partial charge in [-0.05, 0) is 36.2 Å². The second kappa shape index (κ2) is 7.35. The van der Waals surface area contributed by atoms with Crippen LogP contribution in [0.2, 0.25) is 5.02 Å². The molecule has 0 atom stereocenters. The third kappa shape index (κ3) is 3.89. The molecule has 4 amide bonds. The predicted octanol–water partition coefficient (Wildman–Crippen LogP) is 2.78. The van der Waals surface area contributed by atoms with Gasteiger partial charge in [0, 0.05) is 16.4 Å². The van der Waals surface area contributed by atoms with Crippen LogP contribution in [0.1, 0.15) is 10.4 Å². The maximum absolute atomic E-state index is 12.5. The summed E-state index contributed by atoms with van der Waals surface area (Å²) in [7, 11) is 1.78. The van der Waals surface area contributed by atoms with E-state index < -0.39 is 17.8 Å². The molecular weight excluding hydrogens is 362 g/mol. The van der Waals surface area contributed by atoms with Crippen LogP contribution in [0, 0.1) is 0 Å². The van der Waals surface area contributed by atoms with E-state index >= 15 is 0 Å². The molecule has 0 saturated carbocycles. The summed E-state index contributed by atoms with van der Waals surface area (Å²) in [4.78, 5) is 41.3. The Morgan fingerprint density at radius 2 is 1.72 bits per heavy atom. The number of hydrogen-bond donors (Lipinski definition) is 0. The highest BCUT2D eigenvalue weighted by molar-refractivity contribution is 7.09. The summed E-state index contributed by atoms with van der Waals surface area (Å²) in [6.07, 6.45) is 0. The van der Waals surface area contributed by atoms with Crippen LogP contribution in [0.4, 0.5) is 4.79 Å². The molecule has 1 aliphatic heterocycles. The molecule has 0 radical (unpaired) electrons. The normalized spacial score (nSPS) is 14.9. The van der Waals surface area contributed by atoms with Crippen LogP contribution in [-0.4, -0.2) is 46.3 Å². The van der Waals surface area contributed by atoms with Crippen molar-refractivity contribution in [2.24, 2.45) is 0 Å². The molecule has 1 aliphatic rings. The van der Waals surface area contributed by atoms with Gasteiger partial charge in [-0.15, -0.1) is 11.3 Å². The van der Waals surface area contributed by atoms with E-state index in [0.29, 0.717) is 11.6 Å². The van der Waals surface area contributed by atoms with Crippen molar-refractivity contribution in [3.8, 4) is 0 Å². The Bertz CT molecular complexity index is 792. The number of carbonyl (C=O) groups is 3. The van der Waals surface area contributed by atoms with E-state index in [2.05, 4.69) is 0 Å². The molecule has 1 aromatic heterocycles. The largest absolute Gasteiger partial charge is 0.335 e. The molecule has 2 aromatic rings. The average Bonchev–Trinajstić information content (AvgIpc) is 3.16. The molecule has 0 spiro atoms. The lowest BCUT2D eigenvalue weighted by Crippen LogP contribution is -2.40. The van der Waals surface area contributed by atoms with Gasteiger partial charge in [0.1, 0.15) is 0 Å². The van der Waals surface area contributed by atoms with E-state index in [0.717, 1.165) is 20.2 Å². The molecule has 0 unspecified atom stereocenters. The Balaban J connectivity index is 1.65. The summed E-state index contributed by atoms with van der Waals surface area (Å²) >= 11 is 7.30. The van der Waals surface area contributed by atoms with Crippen molar-refractivity contribution in [3.63, 3.8) is 0 Å². The molecule has 0 bridgehead atoms. The Kier molecular flexibility index (Phi) is 5.17. The van der Waals surface area contributed by atoms with Crippen LogP contribution in [0.5, 0.6) is 0 Å². The zero-order valence-corrected chi connectivity index (χ0v) is 15.1. The number of nitrogens with zero attached hydrogens (tertiary/aromatic N) is 3. The molecule has 0 N–H and O–H groups in total. The van der Waals surface area contributed by atoms with Crippen LogP contribution >= 0.6 is 22.9 Å². The van der Waals surface area contributed by atoms with Crippen molar-refractivity contribution >= 4 is 40.8 Å². The Morgan fingerprint density at radius 1 is 1.04 bits per heavy atom. The molecule has 1 saturated heterocycles. The lowest BCUT2D eigenvalue weighted by Gasteiger charge is -2.22. The first-order chi connectivity index (χ1) is 12.0. The van der Waals surface area contributed by atoms with Crippen LogP contribution in [0.15, 0.2) is 41.8 Å². The van der Waals surface area contributed by atoms with E-state index in [1.807, 2.05) is 29.6 Å². The molecule has 6 nitrogen and oxygen atoms in total. The summed E-state index contributed by atoms with van der Waals surface area (Å²) in [5.41, 5.74) is 0.993. The first-order valence-electron chi connectivity index (χ1n) is 7.58. The monoisotopic (exact) mass is 377 g/mol. The van der Waals surface area contributed by atoms with Gasteiger partial charge in [-0.1, -0.05) is 29.8 Å². The number of thiophene rings is 1. The fourth-order valence-electron chi connectivity index (χ4n) is 2.57. The Labute approximate surface area is 154 Å². The number of halogens is 1. The highest BCUT2D eigenvalue weighted by atomic mass is 35.5. The van der Waals surface area contributed by atoms with Gasteiger partial charge in [-0.3, -0.25) is 19.4 Å². The second-order valence-corrected chi connectivity index (χ2v) is 7.24. The number of rotatable bonds is 6. The van der Waals surface area contributed by atoms with Crippen molar-refractivity contribution in [2.45, 2.75) is 13.1 Å². The third-order valence-electron chi connectivity index (χ3n) is 3.78. The molecule has 1 aromatic carbocycles. The molecule has 8 heteroatoms. The van der Waals surface area contributed by atoms with Gasteiger partial charge in [0.25, 0.3) is 0 Å². The number of carbonyl (C=O) groups excluding carboxylic acids is 3. The van der Waals surface area contributed by atoms with Gasteiger partial charge in [0.2, 0.25) is 0 Å². The topological polar surface area (TPSA) is 60.9 Å². The fourth-order valence-corrected chi connectivity index (χ4v) is 3.38. The van der Waals surface area contributed by atoms with Crippen molar-refractivity contribution in [3.05, 3.63) is 57.2 Å². The quantitative estimate of drug-likeness (QED) is 0.573. The molecule has 130 valence electrons. The number of imide groups is 2. The maximum atomic E-state index is 12.5. The summed E-state index contributed by atoms with van der Waals surface area (Å²) in [5, 5.41) is 2.51. The van der Waals surface area contributed by atoms with Crippen molar-refractivity contribution in [1.82, 2.24) is 14.7 Å². The zero-order valence-electron chi connectivity index (χ0n) is 13.5. The van der Waals surface area contributed by atoms with Crippen LogP contribution < -0.4 is 0 Å². The van der Waals surface area contributed by atoms with Crippen LogP contribution in [-0.2, 0) is 22.7 Å². The highest BCUT2D eigenvalue weighted by Crippen LogP contribution is 2.19. The maximum Gasteiger partial charge on any atom is 0.335 e. The average molecular weight is 378 g/mol. The van der Waals surface area contributed by atoms with Crippen LogP contribution in [0.25, 0.3) is 0 Å². The first kappa shape index (κ1) is 17.6. The molecule has 25 heavy (non-hydrogen) atoms. The Morgan fingerprint density at radius 3 is 2.36 bits per heavy atom. The van der Waals surface area contributed by atoms with Gasteiger partial charge in [0.15, 0.2) is 0 Å². The minimum Gasteiger partial charge on any atom is -0.284 e.